The van der Waals surface area contributed by atoms with Crippen LogP contribution in [0.4, 0.5) is 0 Å². The van der Waals surface area contributed by atoms with Crippen LogP contribution in [0.2, 0.25) is 0 Å². The Bertz CT molecular complexity index is 438. The fraction of sp³-hybridized carbons (Fsp3) is 0.222. The molecule has 0 bridgehead atoms. The van der Waals surface area contributed by atoms with E-state index in [9.17, 15) is 0 Å². The summed E-state index contributed by atoms with van der Waals surface area (Å²) >= 11 is 0. The minimum atomic E-state index is -0.0419. The van der Waals surface area contributed by atoms with Gasteiger partial charge >= 0.3 is 0 Å². The molecule has 0 saturated carbocycles. The van der Waals surface area contributed by atoms with Crippen LogP contribution >= 0.6 is 0 Å². The van der Waals surface area contributed by atoms with E-state index in [1.54, 1.807) is 12.4 Å². The number of nitrogens with zero attached hydrogens (tertiary/aromatic N) is 3. The minimum Gasteiger partial charge on any atom is -0.390 e. The highest BCUT2D eigenvalue weighted by molar-refractivity contribution is 5.56. The molecule has 5 nitrogen and oxygen atoms in total. The van der Waals surface area contributed by atoms with Crippen LogP contribution in [-0.4, -0.2) is 25.0 Å². The maximum atomic E-state index is 8.86. The van der Waals surface area contributed by atoms with Crippen molar-refractivity contribution in [2.75, 3.05) is 0 Å². The molecule has 0 aliphatic rings. The van der Waals surface area contributed by atoms with Crippen molar-refractivity contribution in [1.82, 2.24) is 19.9 Å². The number of rotatable bonds is 2. The molecule has 0 spiro atoms. The van der Waals surface area contributed by atoms with Gasteiger partial charge in [0.15, 0.2) is 0 Å². The van der Waals surface area contributed by atoms with Gasteiger partial charge in [0, 0.05) is 6.20 Å². The van der Waals surface area contributed by atoms with E-state index in [1.807, 2.05) is 6.92 Å². The number of hydrogen-bond acceptors (Lipinski definition) is 4. The topological polar surface area (TPSA) is 74.7 Å². The zero-order chi connectivity index (χ0) is 9.97. The van der Waals surface area contributed by atoms with Gasteiger partial charge in [-0.3, -0.25) is 0 Å². The van der Waals surface area contributed by atoms with E-state index in [1.165, 1.54) is 6.33 Å². The van der Waals surface area contributed by atoms with E-state index in [4.69, 9.17) is 5.11 Å². The van der Waals surface area contributed by atoms with Crippen molar-refractivity contribution in [3.05, 3.63) is 30.1 Å². The van der Waals surface area contributed by atoms with Gasteiger partial charge in [0.1, 0.15) is 12.2 Å². The van der Waals surface area contributed by atoms with Crippen LogP contribution in [0.15, 0.2) is 18.7 Å². The summed E-state index contributed by atoms with van der Waals surface area (Å²) in [6, 6.07) is 0. The van der Waals surface area contributed by atoms with Crippen molar-refractivity contribution in [1.29, 1.82) is 0 Å². The largest absolute Gasteiger partial charge is 0.390 e. The summed E-state index contributed by atoms with van der Waals surface area (Å²) in [5.41, 5.74) is 2.40. The lowest BCUT2D eigenvalue weighted by Crippen LogP contribution is -1.90. The van der Waals surface area contributed by atoms with Crippen LogP contribution in [-0.2, 0) is 6.61 Å². The Labute approximate surface area is 80.9 Å². The van der Waals surface area contributed by atoms with E-state index < -0.39 is 0 Å². The Balaban J connectivity index is 2.44. The van der Waals surface area contributed by atoms with Crippen LogP contribution < -0.4 is 0 Å². The second kappa shape index (κ2) is 3.55. The van der Waals surface area contributed by atoms with Crippen molar-refractivity contribution in [3.63, 3.8) is 0 Å². The van der Waals surface area contributed by atoms with E-state index >= 15 is 0 Å². The highest BCUT2D eigenvalue weighted by atomic mass is 16.3. The monoisotopic (exact) mass is 190 g/mol. The average Bonchev–Trinajstić information content (AvgIpc) is 2.67. The summed E-state index contributed by atoms with van der Waals surface area (Å²) in [4.78, 5) is 15.1. The number of hydrogen-bond donors (Lipinski definition) is 2. The zero-order valence-corrected chi connectivity index (χ0v) is 7.73. The first kappa shape index (κ1) is 8.83. The highest BCUT2D eigenvalue weighted by Crippen LogP contribution is 2.16. The molecule has 0 unspecified atom stereocenters. The van der Waals surface area contributed by atoms with E-state index in [-0.39, 0.29) is 6.61 Å². The van der Waals surface area contributed by atoms with E-state index in [0.29, 0.717) is 11.5 Å². The van der Waals surface area contributed by atoms with Crippen LogP contribution in [0.25, 0.3) is 11.4 Å². The number of aromatic amines is 1. The van der Waals surface area contributed by atoms with Gasteiger partial charge in [0.05, 0.1) is 29.8 Å². The highest BCUT2D eigenvalue weighted by Gasteiger charge is 2.06. The first-order valence-corrected chi connectivity index (χ1v) is 4.23. The summed E-state index contributed by atoms with van der Waals surface area (Å²) in [6.07, 6.45) is 4.79. The van der Waals surface area contributed by atoms with Gasteiger partial charge in [0.2, 0.25) is 0 Å². The van der Waals surface area contributed by atoms with Crippen LogP contribution in [0, 0.1) is 6.92 Å². The molecule has 0 saturated heterocycles. The Kier molecular flexibility index (Phi) is 2.24. The molecule has 14 heavy (non-hydrogen) atoms. The van der Waals surface area contributed by atoms with E-state index in [2.05, 4.69) is 19.9 Å². The molecule has 2 N–H and O–H groups in total. The molecule has 2 rings (SSSR count). The van der Waals surface area contributed by atoms with Gasteiger partial charge < -0.3 is 10.1 Å². The van der Waals surface area contributed by atoms with Crippen molar-refractivity contribution in [3.8, 4) is 11.4 Å². The fourth-order valence-electron chi connectivity index (χ4n) is 1.20. The van der Waals surface area contributed by atoms with Crippen LogP contribution in [0.5, 0.6) is 0 Å². The summed E-state index contributed by atoms with van der Waals surface area (Å²) in [7, 11) is 0. The predicted molar refractivity (Wildman–Crippen MR) is 50.3 cm³/mol. The molecule has 0 radical (unpaired) electrons. The van der Waals surface area contributed by atoms with Gasteiger partial charge in [0.25, 0.3) is 0 Å². The maximum absolute atomic E-state index is 8.86. The zero-order valence-electron chi connectivity index (χ0n) is 7.73. The number of nitrogens with one attached hydrogen (secondary N) is 1. The smallest absolute Gasteiger partial charge is 0.140 e. The predicted octanol–water partition coefficient (Wildman–Crippen LogP) is 0.667. The lowest BCUT2D eigenvalue weighted by Gasteiger charge is -1.98. The fourth-order valence-corrected chi connectivity index (χ4v) is 1.20. The lowest BCUT2D eigenvalue weighted by molar-refractivity contribution is 0.277. The standard InChI is InChI=1S/C9H10N4O/c1-6-8(3-10-5-12-6)9-11-2-7(4-14)13-9/h2-3,5,14H,4H2,1H3,(H,11,13). The van der Waals surface area contributed by atoms with Gasteiger partial charge in [-0.15, -0.1) is 0 Å². The third-order valence-electron chi connectivity index (χ3n) is 1.97. The third-order valence-corrected chi connectivity index (χ3v) is 1.97. The molecule has 0 atom stereocenters. The normalized spacial score (nSPS) is 10.4. The SMILES string of the molecule is Cc1ncncc1-c1ncc(CO)[nH]1. The summed E-state index contributed by atoms with van der Waals surface area (Å²) in [6.45, 7) is 1.85. The Hall–Kier alpha value is -1.75. The Morgan fingerprint density at radius 1 is 1.36 bits per heavy atom. The molecule has 0 amide bonds. The number of aliphatic hydroxyl groups excluding tert-OH is 1. The number of aromatic nitrogens is 4. The second-order valence-corrected chi connectivity index (χ2v) is 2.94. The number of aryl methyl sites for hydroxylation is 1. The number of aliphatic hydroxyl groups is 1. The summed E-state index contributed by atoms with van der Waals surface area (Å²) in [5, 5.41) is 8.86. The molecule has 2 aromatic rings. The van der Waals surface area contributed by atoms with Crippen molar-refractivity contribution in [2.45, 2.75) is 13.5 Å². The molecule has 0 aliphatic heterocycles. The molecule has 2 heterocycles. The first-order chi connectivity index (χ1) is 6.81. The van der Waals surface area contributed by atoms with Crippen molar-refractivity contribution < 1.29 is 5.11 Å². The first-order valence-electron chi connectivity index (χ1n) is 4.23. The number of imidazole rings is 1. The van der Waals surface area contributed by atoms with Crippen molar-refractivity contribution in [2.24, 2.45) is 0 Å². The second-order valence-electron chi connectivity index (χ2n) is 2.94. The Morgan fingerprint density at radius 3 is 2.86 bits per heavy atom. The molecular formula is C9H10N4O. The molecule has 5 heteroatoms. The quantitative estimate of drug-likeness (QED) is 0.729. The van der Waals surface area contributed by atoms with Gasteiger partial charge in [-0.2, -0.15) is 0 Å². The molecule has 0 aliphatic carbocycles. The van der Waals surface area contributed by atoms with Crippen molar-refractivity contribution >= 4 is 0 Å². The van der Waals surface area contributed by atoms with Crippen LogP contribution in [0.3, 0.4) is 0 Å². The summed E-state index contributed by atoms with van der Waals surface area (Å²) in [5.74, 6) is 0.687. The van der Waals surface area contributed by atoms with E-state index in [0.717, 1.165) is 11.3 Å². The molecule has 0 aromatic carbocycles. The maximum Gasteiger partial charge on any atom is 0.140 e. The van der Waals surface area contributed by atoms with Crippen LogP contribution in [0.1, 0.15) is 11.4 Å². The molecule has 72 valence electrons. The number of H-pyrrole nitrogens is 1. The average molecular weight is 190 g/mol. The third kappa shape index (κ3) is 1.49. The molecule has 0 fully saturated rings. The molecular weight excluding hydrogens is 180 g/mol. The van der Waals surface area contributed by atoms with Gasteiger partial charge in [-0.05, 0) is 6.92 Å². The summed E-state index contributed by atoms with van der Waals surface area (Å²) < 4.78 is 0. The Morgan fingerprint density at radius 2 is 2.21 bits per heavy atom. The minimum absolute atomic E-state index is 0.0419. The van der Waals surface area contributed by atoms with Gasteiger partial charge in [-0.1, -0.05) is 0 Å². The molecule has 2 aromatic heterocycles. The van der Waals surface area contributed by atoms with Gasteiger partial charge in [-0.25, -0.2) is 15.0 Å². The lowest BCUT2D eigenvalue weighted by atomic mass is 10.2.